The lowest BCUT2D eigenvalue weighted by Gasteiger charge is -2.37. The summed E-state index contributed by atoms with van der Waals surface area (Å²) in [7, 11) is 0. The molecule has 1 aromatic rings. The Balaban J connectivity index is 3.32. The maximum atomic E-state index is 13.6. The van der Waals surface area contributed by atoms with E-state index in [2.05, 4.69) is 0 Å². The van der Waals surface area contributed by atoms with E-state index in [-0.39, 0.29) is 5.82 Å². The molecule has 84 valence electrons. The highest BCUT2D eigenvalue weighted by Crippen LogP contribution is 2.40. The molecular formula is C13H19FO. The van der Waals surface area contributed by atoms with Crippen LogP contribution < -0.4 is 0 Å². The Hall–Kier alpha value is -0.890. The molecule has 0 amide bonds. The van der Waals surface area contributed by atoms with Gasteiger partial charge in [0, 0.05) is 5.56 Å². The van der Waals surface area contributed by atoms with Crippen molar-refractivity contribution in [3.63, 3.8) is 0 Å². The van der Waals surface area contributed by atoms with Gasteiger partial charge in [-0.3, -0.25) is 0 Å². The Morgan fingerprint density at radius 1 is 1.13 bits per heavy atom. The van der Waals surface area contributed by atoms with Crippen molar-refractivity contribution in [3.8, 4) is 0 Å². The SMILES string of the molecule is Cc1ccc(F)c(C(C)(O)C(C)(C)C)c1. The molecule has 0 aliphatic carbocycles. The predicted octanol–water partition coefficient (Wildman–Crippen LogP) is 3.39. The van der Waals surface area contributed by atoms with Crippen LogP contribution in [-0.4, -0.2) is 5.11 Å². The van der Waals surface area contributed by atoms with Gasteiger partial charge in [-0.05, 0) is 25.3 Å². The summed E-state index contributed by atoms with van der Waals surface area (Å²) in [4.78, 5) is 0. The molecule has 0 bridgehead atoms. The first kappa shape index (κ1) is 12.2. The molecule has 0 aliphatic heterocycles. The second kappa shape index (κ2) is 3.60. The first-order valence-corrected chi connectivity index (χ1v) is 5.15. The Morgan fingerprint density at radius 3 is 2.13 bits per heavy atom. The van der Waals surface area contributed by atoms with E-state index in [0.717, 1.165) is 5.56 Å². The van der Waals surface area contributed by atoms with Crippen LogP contribution in [0.4, 0.5) is 4.39 Å². The number of aliphatic hydroxyl groups is 1. The molecule has 0 radical (unpaired) electrons. The highest BCUT2D eigenvalue weighted by Gasteiger charge is 2.38. The van der Waals surface area contributed by atoms with E-state index in [1.807, 2.05) is 27.7 Å². The third kappa shape index (κ3) is 2.20. The van der Waals surface area contributed by atoms with E-state index < -0.39 is 11.0 Å². The van der Waals surface area contributed by atoms with Gasteiger partial charge in [-0.2, -0.15) is 0 Å². The Kier molecular flexibility index (Phi) is 2.92. The average Bonchev–Trinajstić information content (AvgIpc) is 2.07. The topological polar surface area (TPSA) is 20.2 Å². The van der Waals surface area contributed by atoms with Crippen LogP contribution in [0.2, 0.25) is 0 Å². The largest absolute Gasteiger partial charge is 0.385 e. The quantitative estimate of drug-likeness (QED) is 0.753. The number of aryl methyl sites for hydroxylation is 1. The standard InChI is InChI=1S/C13H19FO/c1-9-6-7-11(14)10(8-9)13(5,15)12(2,3)4/h6-8,15H,1-5H3. The minimum absolute atomic E-state index is 0.347. The molecule has 0 spiro atoms. The van der Waals surface area contributed by atoms with Crippen LogP contribution in [0.25, 0.3) is 0 Å². The zero-order valence-electron chi connectivity index (χ0n) is 10.1. The van der Waals surface area contributed by atoms with Crippen LogP contribution >= 0.6 is 0 Å². The first-order chi connectivity index (χ1) is 6.66. The van der Waals surface area contributed by atoms with Crippen LogP contribution in [0.3, 0.4) is 0 Å². The van der Waals surface area contributed by atoms with E-state index >= 15 is 0 Å². The molecule has 1 N–H and O–H groups in total. The summed E-state index contributed by atoms with van der Waals surface area (Å²) < 4.78 is 13.6. The Bertz CT molecular complexity index is 361. The van der Waals surface area contributed by atoms with Crippen LogP contribution in [-0.2, 0) is 5.60 Å². The van der Waals surface area contributed by atoms with Crippen LogP contribution in [0.5, 0.6) is 0 Å². The zero-order valence-corrected chi connectivity index (χ0v) is 10.1. The number of halogens is 1. The third-order valence-corrected chi connectivity index (χ3v) is 3.11. The van der Waals surface area contributed by atoms with Crippen LogP contribution in [0, 0.1) is 18.2 Å². The van der Waals surface area contributed by atoms with Gasteiger partial charge < -0.3 is 5.11 Å². The number of hydrogen-bond acceptors (Lipinski definition) is 1. The maximum Gasteiger partial charge on any atom is 0.129 e. The molecule has 1 unspecified atom stereocenters. The fraction of sp³-hybridized carbons (Fsp3) is 0.538. The van der Waals surface area contributed by atoms with E-state index in [9.17, 15) is 9.50 Å². The fourth-order valence-electron chi connectivity index (χ4n) is 1.42. The lowest BCUT2D eigenvalue weighted by Crippen LogP contribution is -2.37. The van der Waals surface area contributed by atoms with E-state index in [1.165, 1.54) is 6.07 Å². The van der Waals surface area contributed by atoms with E-state index in [0.29, 0.717) is 5.56 Å². The van der Waals surface area contributed by atoms with Gasteiger partial charge in [-0.1, -0.05) is 38.5 Å². The van der Waals surface area contributed by atoms with Gasteiger partial charge in [0.05, 0.1) is 5.60 Å². The van der Waals surface area contributed by atoms with Gasteiger partial charge in [0.1, 0.15) is 5.82 Å². The van der Waals surface area contributed by atoms with Gasteiger partial charge >= 0.3 is 0 Å². The number of benzene rings is 1. The van der Waals surface area contributed by atoms with Crippen molar-refractivity contribution in [2.45, 2.75) is 40.2 Å². The third-order valence-electron chi connectivity index (χ3n) is 3.11. The normalized spacial score (nSPS) is 16.2. The van der Waals surface area contributed by atoms with Crippen molar-refractivity contribution in [1.82, 2.24) is 0 Å². The van der Waals surface area contributed by atoms with Crippen molar-refractivity contribution in [2.24, 2.45) is 5.41 Å². The molecule has 0 fully saturated rings. The van der Waals surface area contributed by atoms with Gasteiger partial charge in [-0.15, -0.1) is 0 Å². The Labute approximate surface area is 90.9 Å². The van der Waals surface area contributed by atoms with Crippen molar-refractivity contribution in [1.29, 1.82) is 0 Å². The molecule has 0 aliphatic rings. The highest BCUT2D eigenvalue weighted by molar-refractivity contribution is 5.30. The summed E-state index contributed by atoms with van der Waals surface area (Å²) in [6, 6.07) is 4.82. The fourth-order valence-corrected chi connectivity index (χ4v) is 1.42. The van der Waals surface area contributed by atoms with Crippen molar-refractivity contribution in [3.05, 3.63) is 35.1 Å². The summed E-state index contributed by atoms with van der Waals surface area (Å²) >= 11 is 0. The van der Waals surface area contributed by atoms with Gasteiger partial charge in [0.25, 0.3) is 0 Å². The van der Waals surface area contributed by atoms with Crippen LogP contribution in [0.15, 0.2) is 18.2 Å². The van der Waals surface area contributed by atoms with Crippen molar-refractivity contribution in [2.75, 3.05) is 0 Å². The predicted molar refractivity (Wildman–Crippen MR) is 60.2 cm³/mol. The molecule has 15 heavy (non-hydrogen) atoms. The molecule has 2 heteroatoms. The summed E-state index contributed by atoms with van der Waals surface area (Å²) in [5, 5.41) is 10.4. The molecule has 1 aromatic carbocycles. The molecule has 1 nitrogen and oxygen atoms in total. The van der Waals surface area contributed by atoms with E-state index in [4.69, 9.17) is 0 Å². The van der Waals surface area contributed by atoms with E-state index in [1.54, 1.807) is 19.1 Å². The lowest BCUT2D eigenvalue weighted by molar-refractivity contribution is -0.0497. The molecule has 1 rings (SSSR count). The maximum absolute atomic E-state index is 13.6. The minimum Gasteiger partial charge on any atom is -0.385 e. The number of hydrogen-bond donors (Lipinski definition) is 1. The molecular weight excluding hydrogens is 191 g/mol. The summed E-state index contributed by atoms with van der Waals surface area (Å²) in [5.41, 5.74) is -0.240. The van der Waals surface area contributed by atoms with Gasteiger partial charge in [-0.25, -0.2) is 4.39 Å². The summed E-state index contributed by atoms with van der Waals surface area (Å²) in [6.45, 7) is 9.24. The van der Waals surface area contributed by atoms with Crippen molar-refractivity contribution >= 4 is 0 Å². The summed E-state index contributed by atoms with van der Waals surface area (Å²) in [6.07, 6.45) is 0. The molecule has 0 saturated carbocycles. The lowest BCUT2D eigenvalue weighted by atomic mass is 9.73. The van der Waals surface area contributed by atoms with Crippen LogP contribution in [0.1, 0.15) is 38.8 Å². The van der Waals surface area contributed by atoms with Crippen molar-refractivity contribution < 1.29 is 9.50 Å². The molecule has 0 heterocycles. The molecule has 0 saturated heterocycles. The molecule has 0 aromatic heterocycles. The Morgan fingerprint density at radius 2 is 1.67 bits per heavy atom. The first-order valence-electron chi connectivity index (χ1n) is 5.15. The average molecular weight is 210 g/mol. The minimum atomic E-state index is -1.16. The zero-order chi connectivity index (χ0) is 11.9. The monoisotopic (exact) mass is 210 g/mol. The number of rotatable bonds is 1. The second-order valence-electron chi connectivity index (χ2n) is 5.31. The highest BCUT2D eigenvalue weighted by atomic mass is 19.1. The second-order valence-corrected chi connectivity index (χ2v) is 5.31. The summed E-state index contributed by atoms with van der Waals surface area (Å²) in [5.74, 6) is -0.347. The van der Waals surface area contributed by atoms with Gasteiger partial charge in [0.15, 0.2) is 0 Å². The van der Waals surface area contributed by atoms with Gasteiger partial charge in [0.2, 0.25) is 0 Å². The molecule has 1 atom stereocenters. The smallest absolute Gasteiger partial charge is 0.129 e.